The van der Waals surface area contributed by atoms with E-state index in [4.69, 9.17) is 0 Å². The van der Waals surface area contributed by atoms with Crippen LogP contribution in [0.25, 0.3) is 10.9 Å². The SMILES string of the molecule is O=C(N[C@@H](CO)C(=O)N1CCC(c2ccnc3ccccc23)CC1)c1ccc(F)cc1. The van der Waals surface area contributed by atoms with Gasteiger partial charge in [0.2, 0.25) is 5.91 Å². The second-order valence-electron chi connectivity index (χ2n) is 7.73. The Hall–Kier alpha value is -3.32. The van der Waals surface area contributed by atoms with Gasteiger partial charge in [-0.05, 0) is 60.7 Å². The van der Waals surface area contributed by atoms with Crippen LogP contribution in [0.3, 0.4) is 0 Å². The summed E-state index contributed by atoms with van der Waals surface area (Å²) in [5.74, 6) is -0.962. The molecular formula is C24H24FN3O3. The number of aliphatic hydroxyl groups excluding tert-OH is 1. The number of carbonyl (C=O) groups excluding carboxylic acids is 2. The number of fused-ring (bicyclic) bond motifs is 1. The van der Waals surface area contributed by atoms with Crippen LogP contribution < -0.4 is 5.32 Å². The molecule has 6 nitrogen and oxygen atoms in total. The number of likely N-dealkylation sites (tertiary alicyclic amines) is 1. The monoisotopic (exact) mass is 421 g/mol. The van der Waals surface area contributed by atoms with Crippen molar-refractivity contribution in [2.24, 2.45) is 0 Å². The van der Waals surface area contributed by atoms with Crippen molar-refractivity contribution in [3.63, 3.8) is 0 Å². The minimum Gasteiger partial charge on any atom is -0.394 e. The van der Waals surface area contributed by atoms with E-state index >= 15 is 0 Å². The third-order valence-corrected chi connectivity index (χ3v) is 5.82. The smallest absolute Gasteiger partial charge is 0.251 e. The van der Waals surface area contributed by atoms with Crippen molar-refractivity contribution in [1.29, 1.82) is 0 Å². The van der Waals surface area contributed by atoms with Gasteiger partial charge >= 0.3 is 0 Å². The summed E-state index contributed by atoms with van der Waals surface area (Å²) >= 11 is 0. The Morgan fingerprint density at radius 3 is 2.52 bits per heavy atom. The first kappa shape index (κ1) is 20.9. The number of pyridine rings is 1. The van der Waals surface area contributed by atoms with Crippen LogP contribution >= 0.6 is 0 Å². The largest absolute Gasteiger partial charge is 0.394 e. The number of aromatic nitrogens is 1. The van der Waals surface area contributed by atoms with Gasteiger partial charge in [0, 0.05) is 30.2 Å². The van der Waals surface area contributed by atoms with E-state index in [-0.39, 0.29) is 11.5 Å². The van der Waals surface area contributed by atoms with E-state index in [1.54, 1.807) is 4.90 Å². The number of para-hydroxylation sites is 1. The number of amides is 2. The molecule has 0 spiro atoms. The van der Waals surface area contributed by atoms with Crippen LogP contribution in [0.5, 0.6) is 0 Å². The first-order chi connectivity index (χ1) is 15.1. The molecule has 0 unspecified atom stereocenters. The molecular weight excluding hydrogens is 397 g/mol. The second kappa shape index (κ2) is 9.22. The van der Waals surface area contributed by atoms with Crippen molar-refractivity contribution in [3.8, 4) is 0 Å². The Kier molecular flexibility index (Phi) is 6.23. The summed E-state index contributed by atoms with van der Waals surface area (Å²) < 4.78 is 13.1. The van der Waals surface area contributed by atoms with Crippen molar-refractivity contribution in [2.75, 3.05) is 19.7 Å². The first-order valence-electron chi connectivity index (χ1n) is 10.4. The van der Waals surface area contributed by atoms with Gasteiger partial charge in [-0.15, -0.1) is 0 Å². The van der Waals surface area contributed by atoms with Crippen molar-refractivity contribution in [3.05, 3.63) is 77.7 Å². The van der Waals surface area contributed by atoms with Crippen molar-refractivity contribution in [1.82, 2.24) is 15.2 Å². The second-order valence-corrected chi connectivity index (χ2v) is 7.73. The molecule has 2 N–H and O–H groups in total. The lowest BCUT2D eigenvalue weighted by molar-refractivity contribution is -0.135. The fourth-order valence-electron chi connectivity index (χ4n) is 4.13. The van der Waals surface area contributed by atoms with Gasteiger partial charge in [0.15, 0.2) is 0 Å². The maximum absolute atomic E-state index is 13.1. The maximum Gasteiger partial charge on any atom is 0.251 e. The molecule has 7 heteroatoms. The first-order valence-corrected chi connectivity index (χ1v) is 10.4. The Labute approximate surface area is 179 Å². The minimum absolute atomic E-state index is 0.232. The molecule has 0 radical (unpaired) electrons. The summed E-state index contributed by atoms with van der Waals surface area (Å²) in [4.78, 5) is 31.3. The van der Waals surface area contributed by atoms with E-state index in [0.29, 0.717) is 19.0 Å². The Morgan fingerprint density at radius 2 is 1.81 bits per heavy atom. The lowest BCUT2D eigenvalue weighted by Crippen LogP contribution is -2.52. The number of nitrogens with zero attached hydrogens (tertiary/aromatic N) is 2. The molecule has 160 valence electrons. The molecule has 31 heavy (non-hydrogen) atoms. The van der Waals surface area contributed by atoms with Gasteiger partial charge in [-0.25, -0.2) is 4.39 Å². The lowest BCUT2D eigenvalue weighted by Gasteiger charge is -2.34. The average molecular weight is 421 g/mol. The molecule has 4 rings (SSSR count). The fourth-order valence-corrected chi connectivity index (χ4v) is 4.13. The molecule has 1 aliphatic heterocycles. The molecule has 1 fully saturated rings. The number of nitrogens with one attached hydrogen (secondary N) is 1. The molecule has 3 aromatic rings. The molecule has 1 saturated heterocycles. The predicted octanol–water partition coefficient (Wildman–Crippen LogP) is 2.87. The van der Waals surface area contributed by atoms with E-state index in [1.165, 1.54) is 29.8 Å². The Morgan fingerprint density at radius 1 is 1.10 bits per heavy atom. The van der Waals surface area contributed by atoms with Gasteiger partial charge in [0.1, 0.15) is 11.9 Å². The number of hydrogen-bond acceptors (Lipinski definition) is 4. The minimum atomic E-state index is -1.03. The summed E-state index contributed by atoms with van der Waals surface area (Å²) in [6, 6.07) is 14.1. The Bertz CT molecular complexity index is 1070. The fraction of sp³-hybridized carbons (Fsp3) is 0.292. The molecule has 1 aromatic heterocycles. The summed E-state index contributed by atoms with van der Waals surface area (Å²) in [6.45, 7) is 0.590. The van der Waals surface area contributed by atoms with Crippen LogP contribution in [0.15, 0.2) is 60.8 Å². The van der Waals surface area contributed by atoms with Crippen LogP contribution in [0.2, 0.25) is 0 Å². The lowest BCUT2D eigenvalue weighted by atomic mass is 9.87. The predicted molar refractivity (Wildman–Crippen MR) is 115 cm³/mol. The summed E-state index contributed by atoms with van der Waals surface area (Å²) in [7, 11) is 0. The third kappa shape index (κ3) is 4.56. The standard InChI is InChI=1S/C24H24FN3O3/c25-18-7-5-17(6-8-18)23(30)27-22(15-29)24(31)28-13-10-16(11-14-28)19-9-12-26-21-4-2-1-3-20(19)21/h1-9,12,16,22,29H,10-11,13-15H2,(H,27,30)/t22-/m0/s1. The van der Waals surface area contributed by atoms with Crippen LogP contribution in [0, 0.1) is 5.82 Å². The van der Waals surface area contributed by atoms with Crippen molar-refractivity contribution < 1.29 is 19.1 Å². The zero-order chi connectivity index (χ0) is 21.8. The van der Waals surface area contributed by atoms with Crippen LogP contribution in [-0.4, -0.2) is 52.5 Å². The van der Waals surface area contributed by atoms with Gasteiger partial charge in [-0.1, -0.05) is 18.2 Å². The van der Waals surface area contributed by atoms with Crippen LogP contribution in [0.4, 0.5) is 4.39 Å². The molecule has 0 bridgehead atoms. The summed E-state index contributed by atoms with van der Waals surface area (Å²) in [6.07, 6.45) is 3.41. The average Bonchev–Trinajstić information content (AvgIpc) is 2.82. The van der Waals surface area contributed by atoms with E-state index in [2.05, 4.69) is 16.4 Å². The normalized spacial score (nSPS) is 15.6. The van der Waals surface area contributed by atoms with Gasteiger partial charge in [-0.2, -0.15) is 0 Å². The molecule has 2 heterocycles. The highest BCUT2D eigenvalue weighted by Gasteiger charge is 2.30. The number of rotatable bonds is 5. The number of aliphatic hydroxyl groups is 1. The van der Waals surface area contributed by atoms with Crippen molar-refractivity contribution in [2.45, 2.75) is 24.8 Å². The zero-order valence-corrected chi connectivity index (χ0v) is 17.0. The molecule has 0 aliphatic carbocycles. The van der Waals surface area contributed by atoms with Gasteiger partial charge in [0.05, 0.1) is 12.1 Å². The summed E-state index contributed by atoms with van der Waals surface area (Å²) in [5.41, 5.74) is 2.43. The maximum atomic E-state index is 13.1. The number of piperidine rings is 1. The summed E-state index contributed by atoms with van der Waals surface area (Å²) in [5, 5.41) is 13.4. The quantitative estimate of drug-likeness (QED) is 0.664. The number of carbonyl (C=O) groups is 2. The van der Waals surface area contributed by atoms with Gasteiger partial charge < -0.3 is 15.3 Å². The highest BCUT2D eigenvalue weighted by molar-refractivity contribution is 5.97. The molecule has 1 atom stereocenters. The molecule has 2 aromatic carbocycles. The third-order valence-electron chi connectivity index (χ3n) is 5.82. The van der Waals surface area contributed by atoms with E-state index in [1.807, 2.05) is 30.5 Å². The highest BCUT2D eigenvalue weighted by Crippen LogP contribution is 2.32. The highest BCUT2D eigenvalue weighted by atomic mass is 19.1. The number of hydrogen-bond donors (Lipinski definition) is 2. The van der Waals surface area contributed by atoms with Gasteiger partial charge in [-0.3, -0.25) is 14.6 Å². The zero-order valence-electron chi connectivity index (χ0n) is 17.0. The molecule has 0 saturated carbocycles. The van der Waals surface area contributed by atoms with Crippen LogP contribution in [0.1, 0.15) is 34.7 Å². The van der Waals surface area contributed by atoms with E-state index < -0.39 is 24.4 Å². The van der Waals surface area contributed by atoms with E-state index in [9.17, 15) is 19.1 Å². The number of halogens is 1. The molecule has 2 amide bonds. The number of benzene rings is 2. The van der Waals surface area contributed by atoms with Crippen LogP contribution in [-0.2, 0) is 4.79 Å². The van der Waals surface area contributed by atoms with E-state index in [0.717, 1.165) is 23.7 Å². The Balaban J connectivity index is 1.39. The van der Waals surface area contributed by atoms with Crippen molar-refractivity contribution >= 4 is 22.7 Å². The van der Waals surface area contributed by atoms with Gasteiger partial charge in [0.25, 0.3) is 5.91 Å². The topological polar surface area (TPSA) is 82.5 Å². The molecule has 1 aliphatic rings.